The summed E-state index contributed by atoms with van der Waals surface area (Å²) in [5, 5.41) is 2.65. The lowest BCUT2D eigenvalue weighted by molar-refractivity contribution is -0.122. The predicted molar refractivity (Wildman–Crippen MR) is 87.8 cm³/mol. The fraction of sp³-hybridized carbons (Fsp3) is 0.125. The number of hydrogen-bond acceptors (Lipinski definition) is 3. The number of carbonyl (C=O) groups is 2. The number of primary amides is 1. The maximum Gasteiger partial charge on any atom is 0.265 e. The van der Waals surface area contributed by atoms with Crippen molar-refractivity contribution in [3.63, 3.8) is 0 Å². The van der Waals surface area contributed by atoms with E-state index in [2.05, 4.69) is 21.2 Å². The van der Waals surface area contributed by atoms with Gasteiger partial charge in [0.15, 0.2) is 6.10 Å². The van der Waals surface area contributed by atoms with Crippen LogP contribution in [0.3, 0.4) is 0 Å². The Kier molecular flexibility index (Phi) is 5.16. The maximum atomic E-state index is 12.2. The average Bonchev–Trinajstić information content (AvgIpc) is 2.49. The minimum absolute atomic E-state index is 0.231. The third kappa shape index (κ3) is 4.08. The molecule has 2 aromatic carbocycles. The molecule has 0 saturated heterocycles. The molecule has 0 radical (unpaired) electrons. The third-order valence-corrected chi connectivity index (χ3v) is 3.42. The first kappa shape index (κ1) is 16.0. The van der Waals surface area contributed by atoms with Crippen LogP contribution in [0.5, 0.6) is 5.75 Å². The summed E-state index contributed by atoms with van der Waals surface area (Å²) in [4.78, 5) is 23.6. The minimum atomic E-state index is -0.716. The highest BCUT2D eigenvalue weighted by atomic mass is 79.9. The van der Waals surface area contributed by atoms with Crippen LogP contribution in [0.25, 0.3) is 0 Å². The Labute approximate surface area is 136 Å². The van der Waals surface area contributed by atoms with Crippen molar-refractivity contribution < 1.29 is 14.3 Å². The van der Waals surface area contributed by atoms with Gasteiger partial charge in [0.1, 0.15) is 5.75 Å². The summed E-state index contributed by atoms with van der Waals surface area (Å²) in [5.41, 5.74) is 5.90. The molecule has 22 heavy (non-hydrogen) atoms. The summed E-state index contributed by atoms with van der Waals surface area (Å²) in [6.45, 7) is 1.63. The van der Waals surface area contributed by atoms with Crippen LogP contribution in [-0.2, 0) is 4.79 Å². The van der Waals surface area contributed by atoms with E-state index in [0.717, 1.165) is 0 Å². The first-order chi connectivity index (χ1) is 10.5. The summed E-state index contributed by atoms with van der Waals surface area (Å²) < 4.78 is 6.24. The molecule has 1 atom stereocenters. The molecule has 0 aliphatic carbocycles. The van der Waals surface area contributed by atoms with Crippen molar-refractivity contribution in [1.82, 2.24) is 0 Å². The normalized spacial score (nSPS) is 11.5. The lowest BCUT2D eigenvalue weighted by Crippen LogP contribution is -2.31. The number of nitrogens with two attached hydrogens (primary N) is 1. The number of benzene rings is 2. The standard InChI is InChI=1S/C16H15BrN2O3/c1-10(22-12-5-3-2-4-6-12)16(21)19-14-8-7-11(17)9-13(14)15(18)20/h2-10H,1H3,(H2,18,20)(H,19,21). The summed E-state index contributed by atoms with van der Waals surface area (Å²) >= 11 is 3.26. The van der Waals surface area contributed by atoms with Gasteiger partial charge in [0.2, 0.25) is 0 Å². The molecule has 0 bridgehead atoms. The largest absolute Gasteiger partial charge is 0.481 e. The predicted octanol–water partition coefficient (Wildman–Crippen LogP) is 2.95. The summed E-state index contributed by atoms with van der Waals surface area (Å²) in [6.07, 6.45) is -0.716. The Morgan fingerprint density at radius 1 is 1.18 bits per heavy atom. The van der Waals surface area contributed by atoms with E-state index in [1.807, 2.05) is 18.2 Å². The van der Waals surface area contributed by atoms with Gasteiger partial charge >= 0.3 is 0 Å². The van der Waals surface area contributed by atoms with E-state index in [0.29, 0.717) is 15.9 Å². The topological polar surface area (TPSA) is 81.4 Å². The first-order valence-electron chi connectivity index (χ1n) is 6.59. The lowest BCUT2D eigenvalue weighted by Gasteiger charge is -2.16. The van der Waals surface area contributed by atoms with E-state index in [-0.39, 0.29) is 11.5 Å². The van der Waals surface area contributed by atoms with Gasteiger partial charge in [-0.25, -0.2) is 0 Å². The number of halogens is 1. The zero-order valence-electron chi connectivity index (χ0n) is 11.9. The van der Waals surface area contributed by atoms with Crippen LogP contribution < -0.4 is 15.8 Å². The van der Waals surface area contributed by atoms with Crippen LogP contribution in [-0.4, -0.2) is 17.9 Å². The highest BCUT2D eigenvalue weighted by Crippen LogP contribution is 2.21. The van der Waals surface area contributed by atoms with Gasteiger partial charge in [-0.15, -0.1) is 0 Å². The van der Waals surface area contributed by atoms with Gasteiger partial charge in [0, 0.05) is 4.47 Å². The van der Waals surface area contributed by atoms with E-state index >= 15 is 0 Å². The van der Waals surface area contributed by atoms with Crippen molar-refractivity contribution in [3.05, 3.63) is 58.6 Å². The zero-order chi connectivity index (χ0) is 16.1. The Morgan fingerprint density at radius 2 is 1.86 bits per heavy atom. The maximum absolute atomic E-state index is 12.2. The molecule has 0 heterocycles. The molecule has 0 aromatic heterocycles. The van der Waals surface area contributed by atoms with E-state index in [1.165, 1.54) is 0 Å². The summed E-state index contributed by atoms with van der Waals surface area (Å²) in [5.74, 6) is -0.391. The van der Waals surface area contributed by atoms with Crippen LogP contribution in [0.2, 0.25) is 0 Å². The van der Waals surface area contributed by atoms with Gasteiger partial charge in [-0.2, -0.15) is 0 Å². The summed E-state index contributed by atoms with van der Waals surface area (Å²) in [7, 11) is 0. The van der Waals surface area contributed by atoms with E-state index in [9.17, 15) is 9.59 Å². The van der Waals surface area contributed by atoms with E-state index in [4.69, 9.17) is 10.5 Å². The fourth-order valence-corrected chi connectivity index (χ4v) is 2.18. The second kappa shape index (κ2) is 7.09. The molecule has 2 amide bonds. The molecular weight excluding hydrogens is 348 g/mol. The molecule has 0 aliphatic rings. The molecule has 0 fully saturated rings. The van der Waals surface area contributed by atoms with Crippen molar-refractivity contribution in [1.29, 1.82) is 0 Å². The second-order valence-corrected chi connectivity index (χ2v) is 5.53. The van der Waals surface area contributed by atoms with E-state index in [1.54, 1.807) is 37.3 Å². The number of amides is 2. The summed E-state index contributed by atoms with van der Waals surface area (Å²) in [6, 6.07) is 13.9. The number of ether oxygens (including phenoxy) is 1. The number of carbonyl (C=O) groups excluding carboxylic acids is 2. The van der Waals surface area contributed by atoms with Gasteiger partial charge in [-0.05, 0) is 37.3 Å². The van der Waals surface area contributed by atoms with Crippen molar-refractivity contribution >= 4 is 33.4 Å². The smallest absolute Gasteiger partial charge is 0.265 e. The quantitative estimate of drug-likeness (QED) is 0.857. The Hall–Kier alpha value is -2.34. The number of para-hydroxylation sites is 1. The molecule has 5 nitrogen and oxygen atoms in total. The van der Waals surface area contributed by atoms with Gasteiger partial charge in [-0.1, -0.05) is 34.1 Å². The number of nitrogens with one attached hydrogen (secondary N) is 1. The van der Waals surface area contributed by atoms with Gasteiger partial charge < -0.3 is 15.8 Å². The lowest BCUT2D eigenvalue weighted by atomic mass is 10.1. The van der Waals surface area contributed by atoms with Crippen LogP contribution >= 0.6 is 15.9 Å². The molecular formula is C16H15BrN2O3. The number of rotatable bonds is 5. The molecule has 3 N–H and O–H groups in total. The van der Waals surface area contributed by atoms with Crippen LogP contribution in [0.1, 0.15) is 17.3 Å². The second-order valence-electron chi connectivity index (χ2n) is 4.62. The molecule has 2 rings (SSSR count). The Bertz CT molecular complexity index is 689. The van der Waals surface area contributed by atoms with Crippen LogP contribution in [0.15, 0.2) is 53.0 Å². The Morgan fingerprint density at radius 3 is 2.50 bits per heavy atom. The van der Waals surface area contributed by atoms with Gasteiger partial charge in [0.25, 0.3) is 11.8 Å². The van der Waals surface area contributed by atoms with Gasteiger partial charge in [-0.3, -0.25) is 9.59 Å². The van der Waals surface area contributed by atoms with Crippen molar-refractivity contribution in [2.45, 2.75) is 13.0 Å². The first-order valence-corrected chi connectivity index (χ1v) is 7.38. The highest BCUT2D eigenvalue weighted by molar-refractivity contribution is 9.10. The third-order valence-electron chi connectivity index (χ3n) is 2.93. The molecule has 0 saturated carbocycles. The van der Waals surface area contributed by atoms with Gasteiger partial charge in [0.05, 0.1) is 11.3 Å². The van der Waals surface area contributed by atoms with Crippen molar-refractivity contribution in [3.8, 4) is 5.75 Å². The molecule has 0 aliphatic heterocycles. The van der Waals surface area contributed by atoms with Crippen molar-refractivity contribution in [2.75, 3.05) is 5.32 Å². The molecule has 114 valence electrons. The van der Waals surface area contributed by atoms with E-state index < -0.39 is 12.0 Å². The molecule has 1 unspecified atom stereocenters. The van der Waals surface area contributed by atoms with Crippen molar-refractivity contribution in [2.24, 2.45) is 5.73 Å². The minimum Gasteiger partial charge on any atom is -0.481 e. The molecule has 0 spiro atoms. The SMILES string of the molecule is CC(Oc1ccccc1)C(=O)Nc1ccc(Br)cc1C(N)=O. The highest BCUT2D eigenvalue weighted by Gasteiger charge is 2.17. The molecule has 2 aromatic rings. The Balaban J connectivity index is 2.10. The molecule has 6 heteroatoms. The fourth-order valence-electron chi connectivity index (χ4n) is 1.82. The average molecular weight is 363 g/mol. The number of anilines is 1. The van der Waals surface area contributed by atoms with Crippen LogP contribution in [0.4, 0.5) is 5.69 Å². The zero-order valence-corrected chi connectivity index (χ0v) is 13.5. The van der Waals surface area contributed by atoms with Crippen LogP contribution in [0, 0.1) is 0 Å². The monoisotopic (exact) mass is 362 g/mol. The number of hydrogen-bond donors (Lipinski definition) is 2.